The zero-order valence-corrected chi connectivity index (χ0v) is 14.6. The highest BCUT2D eigenvalue weighted by Crippen LogP contribution is 2.36. The summed E-state index contributed by atoms with van der Waals surface area (Å²) in [6, 6.07) is 7.80. The van der Waals surface area contributed by atoms with Gasteiger partial charge in [-0.3, -0.25) is 9.51 Å². The van der Waals surface area contributed by atoms with Gasteiger partial charge in [0.05, 0.1) is 5.41 Å². The van der Waals surface area contributed by atoms with Gasteiger partial charge in [-0.25, -0.2) is 9.79 Å². The third-order valence-corrected chi connectivity index (χ3v) is 4.45. The van der Waals surface area contributed by atoms with Gasteiger partial charge in [0, 0.05) is 18.0 Å². The van der Waals surface area contributed by atoms with Gasteiger partial charge in [-0.2, -0.15) is 0 Å². The maximum atomic E-state index is 11.4. The summed E-state index contributed by atoms with van der Waals surface area (Å²) in [7, 11) is 0. The molecule has 132 valence electrons. The minimum absolute atomic E-state index is 0.172. The SMILES string of the molecule is C=C(N)N=C/C(=C\N)c1ccc(C(C)(c2noc(=O)[nH]2)C(C)C)cc1. The molecule has 1 aromatic carbocycles. The fraction of sp³-hybridized carbons (Fsp3) is 0.278. The standard InChI is InChI=1S/C18H23N5O2/c1-11(2)18(4,16-22-17(24)25-23-16)15-7-5-13(6-8-15)14(9-19)10-21-12(3)20/h5-11H,3,19-20H2,1-2,4H3,(H,22,23,24)/b14-9+,21-10?. The normalized spacial score (nSPS) is 14.8. The first-order valence-electron chi connectivity index (χ1n) is 7.86. The van der Waals surface area contributed by atoms with Crippen molar-refractivity contribution in [1.29, 1.82) is 0 Å². The number of nitrogens with one attached hydrogen (secondary N) is 1. The van der Waals surface area contributed by atoms with E-state index < -0.39 is 11.2 Å². The molecule has 0 saturated heterocycles. The third kappa shape index (κ3) is 3.71. The largest absolute Gasteiger partial charge is 0.438 e. The highest BCUT2D eigenvalue weighted by atomic mass is 16.5. The molecule has 0 bridgehead atoms. The second kappa shape index (κ2) is 7.21. The first kappa shape index (κ1) is 18.3. The monoisotopic (exact) mass is 341 g/mol. The Kier molecular flexibility index (Phi) is 5.26. The molecule has 0 amide bonds. The summed E-state index contributed by atoms with van der Waals surface area (Å²) in [5, 5.41) is 3.89. The summed E-state index contributed by atoms with van der Waals surface area (Å²) >= 11 is 0. The van der Waals surface area contributed by atoms with Gasteiger partial charge in [0.1, 0.15) is 5.82 Å². The van der Waals surface area contributed by atoms with E-state index in [1.165, 1.54) is 6.20 Å². The Labute approximate surface area is 146 Å². The molecule has 1 atom stereocenters. The molecule has 0 radical (unpaired) electrons. The molecule has 0 fully saturated rings. The van der Waals surface area contributed by atoms with E-state index in [9.17, 15) is 4.79 Å². The van der Waals surface area contributed by atoms with E-state index in [1.807, 2.05) is 31.2 Å². The van der Waals surface area contributed by atoms with E-state index in [4.69, 9.17) is 16.0 Å². The molecule has 0 aliphatic heterocycles. The lowest BCUT2D eigenvalue weighted by Gasteiger charge is -2.31. The van der Waals surface area contributed by atoms with Crippen LogP contribution in [0.25, 0.3) is 5.57 Å². The molecule has 7 nitrogen and oxygen atoms in total. The Morgan fingerprint density at radius 2 is 2.04 bits per heavy atom. The predicted octanol–water partition coefficient (Wildman–Crippen LogP) is 2.13. The second-order valence-corrected chi connectivity index (χ2v) is 6.25. The molecule has 2 aromatic rings. The number of nitrogens with two attached hydrogens (primary N) is 2. The van der Waals surface area contributed by atoms with Crippen LogP contribution in [-0.2, 0) is 5.41 Å². The number of aliphatic imine (C=N–C) groups is 1. The van der Waals surface area contributed by atoms with Crippen molar-refractivity contribution in [3.8, 4) is 0 Å². The lowest BCUT2D eigenvalue weighted by Crippen LogP contribution is -2.32. The molecular formula is C18H23N5O2. The maximum Gasteiger partial charge on any atom is 0.438 e. The average Bonchev–Trinajstić information content (AvgIpc) is 3.01. The van der Waals surface area contributed by atoms with Crippen molar-refractivity contribution < 1.29 is 4.52 Å². The topological polar surface area (TPSA) is 123 Å². The van der Waals surface area contributed by atoms with Gasteiger partial charge in [-0.05, 0) is 24.0 Å². The van der Waals surface area contributed by atoms with Gasteiger partial charge in [-0.15, -0.1) is 0 Å². The molecule has 0 saturated carbocycles. The Hall–Kier alpha value is -3.09. The molecule has 0 aliphatic carbocycles. The Morgan fingerprint density at radius 3 is 2.48 bits per heavy atom. The van der Waals surface area contributed by atoms with Crippen LogP contribution < -0.4 is 17.2 Å². The quantitative estimate of drug-likeness (QED) is 0.694. The smallest absolute Gasteiger partial charge is 0.404 e. The van der Waals surface area contributed by atoms with Crippen LogP contribution in [0.2, 0.25) is 0 Å². The van der Waals surface area contributed by atoms with E-state index in [2.05, 4.69) is 35.6 Å². The second-order valence-electron chi connectivity index (χ2n) is 6.25. The Morgan fingerprint density at radius 1 is 1.40 bits per heavy atom. The summed E-state index contributed by atoms with van der Waals surface area (Å²) in [5.74, 6) is 0.310. The lowest BCUT2D eigenvalue weighted by molar-refractivity contribution is 0.339. The maximum absolute atomic E-state index is 11.4. The number of aromatic nitrogens is 2. The van der Waals surface area contributed by atoms with Gasteiger partial charge in [-0.1, -0.05) is 49.8 Å². The van der Waals surface area contributed by atoms with Gasteiger partial charge in [0.25, 0.3) is 0 Å². The number of benzene rings is 1. The fourth-order valence-electron chi connectivity index (χ4n) is 2.57. The molecule has 7 heteroatoms. The molecule has 1 aromatic heterocycles. The van der Waals surface area contributed by atoms with Crippen LogP contribution in [-0.4, -0.2) is 16.4 Å². The lowest BCUT2D eigenvalue weighted by atomic mass is 9.72. The summed E-state index contributed by atoms with van der Waals surface area (Å²) in [5.41, 5.74) is 13.2. The molecule has 25 heavy (non-hydrogen) atoms. The Bertz CT molecular complexity index is 858. The minimum atomic E-state index is -0.565. The van der Waals surface area contributed by atoms with Crippen LogP contribution in [0.4, 0.5) is 0 Å². The number of hydrogen-bond acceptors (Lipinski definition) is 6. The summed E-state index contributed by atoms with van der Waals surface area (Å²) in [6.07, 6.45) is 3.02. The van der Waals surface area contributed by atoms with E-state index in [1.54, 1.807) is 6.21 Å². The van der Waals surface area contributed by atoms with E-state index in [0.717, 1.165) is 16.7 Å². The van der Waals surface area contributed by atoms with E-state index >= 15 is 0 Å². The first-order chi connectivity index (χ1) is 11.8. The predicted molar refractivity (Wildman–Crippen MR) is 98.8 cm³/mol. The molecular weight excluding hydrogens is 318 g/mol. The summed E-state index contributed by atoms with van der Waals surface area (Å²) in [4.78, 5) is 18.0. The molecule has 2 rings (SSSR count). The van der Waals surface area contributed by atoms with Crippen LogP contribution in [0.1, 0.15) is 37.7 Å². The van der Waals surface area contributed by atoms with Crippen LogP contribution in [0.3, 0.4) is 0 Å². The van der Waals surface area contributed by atoms with Crippen molar-refractivity contribution in [2.24, 2.45) is 22.4 Å². The average molecular weight is 341 g/mol. The number of aromatic amines is 1. The van der Waals surface area contributed by atoms with Crippen LogP contribution >= 0.6 is 0 Å². The molecule has 1 heterocycles. The minimum Gasteiger partial charge on any atom is -0.404 e. The Balaban J connectivity index is 2.43. The van der Waals surface area contributed by atoms with Crippen LogP contribution in [0, 0.1) is 5.92 Å². The zero-order valence-electron chi connectivity index (χ0n) is 14.6. The van der Waals surface area contributed by atoms with Gasteiger partial charge >= 0.3 is 5.76 Å². The highest BCUT2D eigenvalue weighted by Gasteiger charge is 2.36. The third-order valence-electron chi connectivity index (χ3n) is 4.45. The number of nitrogens with zero attached hydrogens (tertiary/aromatic N) is 2. The van der Waals surface area contributed by atoms with E-state index in [-0.39, 0.29) is 11.7 Å². The molecule has 0 spiro atoms. The van der Waals surface area contributed by atoms with Crippen molar-refractivity contribution in [1.82, 2.24) is 10.1 Å². The van der Waals surface area contributed by atoms with Crippen molar-refractivity contribution >= 4 is 11.8 Å². The zero-order chi connectivity index (χ0) is 18.6. The van der Waals surface area contributed by atoms with Crippen molar-refractivity contribution in [2.75, 3.05) is 0 Å². The number of allylic oxidation sites excluding steroid dienone is 1. The summed E-state index contributed by atoms with van der Waals surface area (Å²) < 4.78 is 4.69. The number of hydrogen-bond donors (Lipinski definition) is 3. The van der Waals surface area contributed by atoms with Crippen molar-refractivity contribution in [2.45, 2.75) is 26.2 Å². The van der Waals surface area contributed by atoms with Crippen molar-refractivity contribution in [3.63, 3.8) is 0 Å². The van der Waals surface area contributed by atoms with Crippen molar-refractivity contribution in [3.05, 3.63) is 70.4 Å². The first-order valence-corrected chi connectivity index (χ1v) is 7.86. The molecule has 1 unspecified atom stereocenters. The highest BCUT2D eigenvalue weighted by molar-refractivity contribution is 6.09. The number of rotatable bonds is 6. The van der Waals surface area contributed by atoms with Crippen LogP contribution in [0.15, 0.2) is 57.2 Å². The number of H-pyrrole nitrogens is 1. The molecule has 0 aliphatic rings. The van der Waals surface area contributed by atoms with Crippen LogP contribution in [0.5, 0.6) is 0 Å². The van der Waals surface area contributed by atoms with Gasteiger partial charge in [0.15, 0.2) is 5.82 Å². The molecule has 5 N–H and O–H groups in total. The van der Waals surface area contributed by atoms with Gasteiger partial charge in [0.2, 0.25) is 0 Å². The fourth-order valence-corrected chi connectivity index (χ4v) is 2.57. The summed E-state index contributed by atoms with van der Waals surface area (Å²) in [6.45, 7) is 9.66. The van der Waals surface area contributed by atoms with Gasteiger partial charge < -0.3 is 11.5 Å². The van der Waals surface area contributed by atoms with E-state index in [0.29, 0.717) is 5.82 Å².